The summed E-state index contributed by atoms with van der Waals surface area (Å²) in [6.07, 6.45) is 78.3. The van der Waals surface area contributed by atoms with Crippen LogP contribution in [0.25, 0.3) is 0 Å². The molecule has 1 N–H and O–H groups in total. The number of amides is 8. The molecule has 10 bridgehead atoms. The molecule has 20 atom stereocenters. The number of fused-ring (bicyclic) bond motifs is 25. The second-order valence-corrected chi connectivity index (χ2v) is 29.3. The van der Waals surface area contributed by atoms with Crippen LogP contribution in [0, 0.1) is 59.2 Å². The Balaban J connectivity index is 0.000000108. The number of rotatable bonds is 2. The van der Waals surface area contributed by atoms with Crippen LogP contribution in [0.1, 0.15) is 109 Å². The van der Waals surface area contributed by atoms with Gasteiger partial charge in [-0.25, -0.2) is 9.80 Å². The molecule has 15 heterocycles. The van der Waals surface area contributed by atoms with E-state index in [-0.39, 0.29) is 167 Å². The van der Waals surface area contributed by atoms with Crippen LogP contribution in [0.5, 0.6) is 0 Å². The molecule has 0 aromatic heterocycles. The number of nitrogens with one attached hydrogen (secondary N) is 1. The number of hydrogen-bond donors (Lipinski definition) is 1. The summed E-state index contributed by atoms with van der Waals surface area (Å²) in [6.45, 7) is 0. The number of para-hydroxylation sites is 2. The molecule has 22 rings (SSSR count). The van der Waals surface area contributed by atoms with Crippen molar-refractivity contribution in [1.82, 2.24) is 10.2 Å². The first-order valence-corrected chi connectivity index (χ1v) is 38.7. The van der Waals surface area contributed by atoms with Crippen molar-refractivity contribution in [3.63, 3.8) is 0 Å². The molecule has 0 spiro atoms. The van der Waals surface area contributed by atoms with E-state index >= 15 is 0 Å². The summed E-state index contributed by atoms with van der Waals surface area (Å²) >= 11 is 0. The van der Waals surface area contributed by atoms with Gasteiger partial charge in [0.1, 0.15) is 11.8 Å². The summed E-state index contributed by atoms with van der Waals surface area (Å²) in [5.74, 6) is -4.96. The minimum Gasteiger partial charge on any atom is -0.393 e. The number of ether oxygens (including phenoxy) is 6. The summed E-state index contributed by atoms with van der Waals surface area (Å²) in [5.41, 5.74) is 1.31. The zero-order valence-electron chi connectivity index (χ0n) is 60.9. The van der Waals surface area contributed by atoms with Gasteiger partial charge in [0.15, 0.2) is 0 Å². The van der Waals surface area contributed by atoms with Crippen LogP contribution in [0.4, 0.5) is 11.4 Å². The van der Waals surface area contributed by atoms with E-state index in [1.807, 2.05) is 146 Å². The van der Waals surface area contributed by atoms with E-state index in [2.05, 4.69) is 70.8 Å². The summed E-state index contributed by atoms with van der Waals surface area (Å²) in [7, 11) is 1.54. The summed E-state index contributed by atoms with van der Waals surface area (Å²) in [6, 6.07) is 18.2. The number of carbonyl (C=O) groups excluding carboxylic acids is 10. The van der Waals surface area contributed by atoms with Gasteiger partial charge in [-0.2, -0.15) is 0 Å². The molecule has 0 radical (unpaired) electrons. The Kier molecular flexibility index (Phi) is 25.8. The lowest BCUT2D eigenvalue weighted by atomic mass is 9.85. The Morgan fingerprint density at radius 3 is 0.759 bits per heavy atom. The molecule has 108 heavy (non-hydrogen) atoms. The second kappa shape index (κ2) is 36.5. The van der Waals surface area contributed by atoms with E-state index in [9.17, 15) is 47.9 Å². The Bertz CT molecular complexity index is 3700. The minimum absolute atomic E-state index is 0.0909. The van der Waals surface area contributed by atoms with E-state index in [0.29, 0.717) is 11.4 Å². The lowest BCUT2D eigenvalue weighted by Crippen LogP contribution is -2.34. The number of nitrogens with zero attached hydrogens (tertiary/aromatic N) is 3. The summed E-state index contributed by atoms with van der Waals surface area (Å²) in [4.78, 5) is 121. The number of anilines is 2. The molecule has 564 valence electrons. The van der Waals surface area contributed by atoms with Gasteiger partial charge in [0.25, 0.3) is 0 Å². The van der Waals surface area contributed by atoms with Crippen LogP contribution in [0.2, 0.25) is 0 Å². The lowest BCUT2D eigenvalue weighted by Gasteiger charge is -2.17. The topological polar surface area (TPSA) is 248 Å². The van der Waals surface area contributed by atoms with E-state index in [1.165, 1.54) is 124 Å². The quantitative estimate of drug-likeness (QED) is 0.127. The van der Waals surface area contributed by atoms with Crippen molar-refractivity contribution in [3.05, 3.63) is 231 Å². The highest BCUT2D eigenvalue weighted by molar-refractivity contribution is 6.24. The van der Waals surface area contributed by atoms with Gasteiger partial charge in [-0.1, -0.05) is 226 Å². The van der Waals surface area contributed by atoms with Crippen LogP contribution in [-0.4, -0.2) is 132 Å². The van der Waals surface area contributed by atoms with Crippen molar-refractivity contribution in [2.75, 3.05) is 16.8 Å². The predicted octanol–water partition coefficient (Wildman–Crippen LogP) is 12.3. The fourth-order valence-corrected chi connectivity index (χ4v) is 16.6. The van der Waals surface area contributed by atoms with E-state index in [4.69, 9.17) is 23.7 Å². The largest absolute Gasteiger partial charge is 0.393 e. The molecule has 10 fully saturated rings. The van der Waals surface area contributed by atoms with Crippen molar-refractivity contribution in [1.29, 1.82) is 0 Å². The van der Waals surface area contributed by atoms with Crippen molar-refractivity contribution in [3.8, 4) is 0 Å². The molecule has 20 aliphatic rings. The molecular weight excluding hydrogens is 1370 g/mol. The SMILES string of the molecule is C1=C/C=C\C=C/C=C1.C1=CCC/C=C\CC1.C1=CCC1.C1=CCCCCC1.C1=CCCCCCC1.CN1C(=O)C2C3C=CC(O3)C2C1=O.O=C1C2C3C=CC(O3)C2C(=O)N1c1ccccc1.O=C1C2C3C=CC(O3)C2C(=O)N1c1ccccc1.O=C1NC(=O)C2C3C=CC(O3)C12.O=C1OC(=O)C2C3C=CC(O3)C12. The van der Waals surface area contributed by atoms with Crippen LogP contribution >= 0.6 is 0 Å². The van der Waals surface area contributed by atoms with Crippen LogP contribution in [0.15, 0.2) is 231 Å². The fraction of sp³-hybridized carbons (Fsp3) is 0.432. The molecule has 5 aliphatic carbocycles. The number of carbonyl (C=O) groups is 10. The Morgan fingerprint density at radius 2 is 0.491 bits per heavy atom. The van der Waals surface area contributed by atoms with E-state index in [0.717, 1.165) is 0 Å². The minimum atomic E-state index is -0.429. The number of hydrogen-bond acceptors (Lipinski definition) is 16. The number of imide groups is 4. The monoisotopic (exact) mass is 1460 g/mol. The van der Waals surface area contributed by atoms with Crippen molar-refractivity contribution < 1.29 is 76.4 Å². The molecule has 20 nitrogen and oxygen atoms in total. The first kappa shape index (κ1) is 76.5. The lowest BCUT2D eigenvalue weighted by molar-refractivity contribution is -0.156. The van der Waals surface area contributed by atoms with E-state index < -0.39 is 11.9 Å². The van der Waals surface area contributed by atoms with Gasteiger partial charge in [-0.3, -0.25) is 58.2 Å². The van der Waals surface area contributed by atoms with Crippen LogP contribution < -0.4 is 15.1 Å². The zero-order valence-corrected chi connectivity index (χ0v) is 60.9. The average molecular weight is 1470 g/mol. The first-order chi connectivity index (χ1) is 52.8. The Morgan fingerprint density at radius 1 is 0.269 bits per heavy atom. The van der Waals surface area contributed by atoms with Gasteiger partial charge in [0, 0.05) is 7.05 Å². The smallest absolute Gasteiger partial charge is 0.320 e. The maximum atomic E-state index is 12.4. The first-order valence-electron chi connectivity index (χ1n) is 38.7. The van der Waals surface area contributed by atoms with Gasteiger partial charge >= 0.3 is 11.9 Å². The highest BCUT2D eigenvalue weighted by Gasteiger charge is 2.64. The standard InChI is InChI=1S/2C14H11NO3.C9H9NO3.C8H7NO3.C8H6O4.C8H14.C8H12.C8H8.C7H12.C4H6/c2*16-13-11-9-6-7-10(18-9)12(11)14(17)15(13)8-4-2-1-3-5-8;1-10-8(11)6-4-2-3-5(13-4)7(6)9(10)12;10-7-5-3-1-2-4(12-3)6(5)8(11)9-7;9-7-5-3-1-2-4(11-3)6(5)8(10)12-7;3*1-2-4-6-8-7-5-3-1;1-2-4-6-7-5-3-1;1-2-4-3-1/h2*1-7,9-12H;2-7H,1H3;1-6H,(H,9,10,11);1-6H;1-2H,3-8H2;1-2,7-8H,3-6H2;1-8H;1-2H,3-7H2;1-2H,3-4H2/b;;;;;;2-1-,8-7?;2-1-,3-1?,4-2?,5-3-,6-4?,7-5?,8-6?,8-7?;;. The third kappa shape index (κ3) is 17.1. The Hall–Kier alpha value is -9.70. The van der Waals surface area contributed by atoms with Gasteiger partial charge in [-0.15, -0.1) is 0 Å². The molecule has 8 amide bonds. The van der Waals surface area contributed by atoms with Gasteiger partial charge in [-0.05, 0) is 114 Å². The highest BCUT2D eigenvalue weighted by atomic mass is 16.6. The van der Waals surface area contributed by atoms with Gasteiger partial charge < -0.3 is 28.4 Å². The average Bonchev–Trinajstić information content (AvgIpc) is 1.58. The zero-order chi connectivity index (χ0) is 75.0. The summed E-state index contributed by atoms with van der Waals surface area (Å²) < 4.78 is 31.9. The van der Waals surface area contributed by atoms with Crippen LogP contribution in [-0.2, 0) is 76.4 Å². The van der Waals surface area contributed by atoms with Gasteiger partial charge in [0.2, 0.25) is 47.3 Å². The number of likely N-dealkylation sites (tertiary alicyclic amines) is 1. The molecular formula is C88H96N4O16. The molecule has 20 heteroatoms. The van der Waals surface area contributed by atoms with Gasteiger partial charge in [0.05, 0.1) is 120 Å². The predicted molar refractivity (Wildman–Crippen MR) is 405 cm³/mol. The normalized spacial score (nSPS) is 35.8. The number of allylic oxidation sites excluding steroid dienone is 18. The van der Waals surface area contributed by atoms with Crippen molar-refractivity contribution in [2.45, 2.75) is 170 Å². The van der Waals surface area contributed by atoms with E-state index in [1.54, 1.807) is 31.3 Å². The summed E-state index contributed by atoms with van der Waals surface area (Å²) in [5, 5.41) is 2.32. The van der Waals surface area contributed by atoms with Crippen LogP contribution in [0.3, 0.4) is 0 Å². The third-order valence-corrected chi connectivity index (χ3v) is 22.3. The maximum absolute atomic E-state index is 12.4. The highest BCUT2D eigenvalue weighted by Crippen LogP contribution is 2.49. The number of benzene rings is 2. The Labute approximate surface area is 631 Å². The third-order valence-electron chi connectivity index (χ3n) is 22.3. The molecule has 20 unspecified atom stereocenters. The molecule has 2 aromatic carbocycles. The number of cyclic esters (lactones) is 2. The molecule has 0 saturated carbocycles. The molecule has 15 aliphatic heterocycles. The molecule has 2 aromatic rings. The van der Waals surface area contributed by atoms with Crippen molar-refractivity contribution in [2.24, 2.45) is 59.2 Å². The van der Waals surface area contributed by atoms with Crippen molar-refractivity contribution >= 4 is 70.6 Å². The molecule has 10 saturated heterocycles. The second-order valence-electron chi connectivity index (χ2n) is 29.3. The number of esters is 2. The fourth-order valence-electron chi connectivity index (χ4n) is 16.6. The maximum Gasteiger partial charge on any atom is 0.320 e.